The predicted octanol–water partition coefficient (Wildman–Crippen LogP) is 2.79. The molecule has 0 aromatic heterocycles. The highest BCUT2D eigenvalue weighted by molar-refractivity contribution is 9.12. The van der Waals surface area contributed by atoms with Gasteiger partial charge in [0.15, 0.2) is 0 Å². The van der Waals surface area contributed by atoms with Crippen molar-refractivity contribution >= 4 is 27.7 Å². The third kappa shape index (κ3) is 6.65. The highest BCUT2D eigenvalue weighted by Crippen LogP contribution is 2.07. The highest BCUT2D eigenvalue weighted by Gasteiger charge is 2.15. The minimum absolute atomic E-state index is 0.334. The molecular formula is C9H15BrN2O2. The number of amides is 1. The van der Waals surface area contributed by atoms with Gasteiger partial charge in [-0.05, 0) is 43.6 Å². The van der Waals surface area contributed by atoms with Crippen LogP contribution in [-0.2, 0) is 4.74 Å². The third-order valence-electron chi connectivity index (χ3n) is 1.07. The van der Waals surface area contributed by atoms with E-state index in [2.05, 4.69) is 21.2 Å². The van der Waals surface area contributed by atoms with Gasteiger partial charge in [0, 0.05) is 11.9 Å². The molecule has 80 valence electrons. The molecule has 5 heteroatoms. The maximum Gasteiger partial charge on any atom is 0.411 e. The van der Waals surface area contributed by atoms with Crippen LogP contribution in [0.5, 0.6) is 0 Å². The summed E-state index contributed by atoms with van der Waals surface area (Å²) in [4.78, 5) is 11.1. The minimum Gasteiger partial charge on any atom is -0.444 e. The molecule has 0 heterocycles. The summed E-state index contributed by atoms with van der Waals surface area (Å²) in [6, 6.07) is 0. The molecule has 0 rings (SSSR count). The Kier molecular flexibility index (Phi) is 4.83. The van der Waals surface area contributed by atoms with Crippen LogP contribution < -0.4 is 5.32 Å². The fourth-order valence-corrected chi connectivity index (χ4v) is 0.653. The Morgan fingerprint density at radius 1 is 1.50 bits per heavy atom. The van der Waals surface area contributed by atoms with Gasteiger partial charge in [-0.1, -0.05) is 0 Å². The zero-order chi connectivity index (χ0) is 11.4. The Labute approximate surface area is 92.3 Å². The van der Waals surface area contributed by atoms with E-state index in [4.69, 9.17) is 10.1 Å². The summed E-state index contributed by atoms with van der Waals surface area (Å²) in [7, 11) is 0. The lowest BCUT2D eigenvalue weighted by atomic mass is 10.2. The Balaban J connectivity index is 4.10. The van der Waals surface area contributed by atoms with Gasteiger partial charge in [0.1, 0.15) is 5.60 Å². The van der Waals surface area contributed by atoms with Crippen LogP contribution in [0.1, 0.15) is 27.7 Å². The Morgan fingerprint density at radius 2 is 2.00 bits per heavy atom. The quantitative estimate of drug-likeness (QED) is 0.752. The van der Waals surface area contributed by atoms with E-state index in [1.807, 2.05) is 0 Å². The molecule has 0 saturated heterocycles. The molecule has 0 aliphatic heterocycles. The summed E-state index contributed by atoms with van der Waals surface area (Å²) in [6.45, 7) is 6.96. The zero-order valence-corrected chi connectivity index (χ0v) is 10.4. The maximum atomic E-state index is 11.1. The molecule has 0 aliphatic carbocycles. The summed E-state index contributed by atoms with van der Waals surface area (Å²) in [5.41, 5.74) is -0.175. The lowest BCUT2D eigenvalue weighted by Gasteiger charge is -2.18. The molecule has 0 bridgehead atoms. The van der Waals surface area contributed by atoms with Crippen molar-refractivity contribution < 1.29 is 9.53 Å². The van der Waals surface area contributed by atoms with Crippen LogP contribution in [0.15, 0.2) is 10.7 Å². The number of rotatable bonds is 2. The van der Waals surface area contributed by atoms with Crippen molar-refractivity contribution in [3.63, 3.8) is 0 Å². The van der Waals surface area contributed by atoms with Gasteiger partial charge < -0.3 is 10.1 Å². The zero-order valence-electron chi connectivity index (χ0n) is 8.77. The van der Waals surface area contributed by atoms with E-state index in [1.165, 1.54) is 6.20 Å². The summed E-state index contributed by atoms with van der Waals surface area (Å²) < 4.78 is 5.50. The van der Waals surface area contributed by atoms with Crippen molar-refractivity contribution in [1.29, 1.82) is 5.41 Å². The molecule has 0 saturated carbocycles. The molecule has 4 nitrogen and oxygen atoms in total. The van der Waals surface area contributed by atoms with E-state index in [1.54, 1.807) is 27.7 Å². The fourth-order valence-electron chi connectivity index (χ4n) is 0.538. The molecule has 14 heavy (non-hydrogen) atoms. The first kappa shape index (κ1) is 13.2. The van der Waals surface area contributed by atoms with Crippen LogP contribution in [0, 0.1) is 5.41 Å². The van der Waals surface area contributed by atoms with Crippen LogP contribution in [0.4, 0.5) is 4.79 Å². The molecule has 0 radical (unpaired) electrons. The van der Waals surface area contributed by atoms with Gasteiger partial charge in [0.25, 0.3) is 0 Å². The lowest BCUT2D eigenvalue weighted by Crippen LogP contribution is -2.29. The van der Waals surface area contributed by atoms with E-state index in [9.17, 15) is 4.79 Å². The van der Waals surface area contributed by atoms with Crippen molar-refractivity contribution in [2.45, 2.75) is 33.3 Å². The third-order valence-corrected chi connectivity index (χ3v) is 1.90. The van der Waals surface area contributed by atoms with Gasteiger partial charge >= 0.3 is 6.09 Å². The van der Waals surface area contributed by atoms with Crippen molar-refractivity contribution in [3.8, 4) is 0 Å². The van der Waals surface area contributed by atoms with Crippen LogP contribution in [0.3, 0.4) is 0 Å². The molecule has 1 amide bonds. The monoisotopic (exact) mass is 262 g/mol. The summed E-state index contributed by atoms with van der Waals surface area (Å²) in [6.07, 6.45) is 0.854. The normalized spacial score (nSPS) is 12.2. The van der Waals surface area contributed by atoms with Crippen molar-refractivity contribution in [3.05, 3.63) is 10.7 Å². The fraction of sp³-hybridized carbons (Fsp3) is 0.556. The van der Waals surface area contributed by atoms with Gasteiger partial charge in [-0.25, -0.2) is 4.79 Å². The van der Waals surface area contributed by atoms with E-state index < -0.39 is 11.7 Å². The van der Waals surface area contributed by atoms with Crippen LogP contribution >= 0.6 is 15.9 Å². The number of halogens is 1. The van der Waals surface area contributed by atoms with E-state index in [0.29, 0.717) is 10.2 Å². The number of alkyl carbamates (subject to hydrolysis) is 1. The van der Waals surface area contributed by atoms with Crippen LogP contribution in [0.2, 0.25) is 0 Å². The summed E-state index contributed by atoms with van der Waals surface area (Å²) in [5, 5.41) is 9.63. The standard InChI is InChI=1S/C9H15BrN2O2/c1-6(11)7(10)5-12-8(13)14-9(2,3)4/h5,11H,1-4H3,(H,12,13)/b7-5+,11-6?. The van der Waals surface area contributed by atoms with Crippen LogP contribution in [-0.4, -0.2) is 17.4 Å². The second-order valence-electron chi connectivity index (χ2n) is 3.76. The average Bonchev–Trinajstić information content (AvgIpc) is 1.96. The number of hydrogen-bond acceptors (Lipinski definition) is 3. The van der Waals surface area contributed by atoms with E-state index in [-0.39, 0.29) is 0 Å². The number of carbonyl (C=O) groups excluding carboxylic acids is 1. The second kappa shape index (κ2) is 5.14. The lowest BCUT2D eigenvalue weighted by molar-refractivity contribution is 0.0552. The first-order valence-electron chi connectivity index (χ1n) is 4.13. The minimum atomic E-state index is -0.532. The first-order chi connectivity index (χ1) is 6.22. The largest absolute Gasteiger partial charge is 0.444 e. The highest BCUT2D eigenvalue weighted by atomic mass is 79.9. The molecule has 0 fully saturated rings. The topological polar surface area (TPSA) is 62.2 Å². The SMILES string of the molecule is CC(=N)/C(Br)=C\NC(=O)OC(C)(C)C. The van der Waals surface area contributed by atoms with Crippen molar-refractivity contribution in [1.82, 2.24) is 5.32 Å². The van der Waals surface area contributed by atoms with Gasteiger partial charge in [0.05, 0.1) is 4.48 Å². The van der Waals surface area contributed by atoms with Gasteiger partial charge in [-0.15, -0.1) is 0 Å². The van der Waals surface area contributed by atoms with Crippen molar-refractivity contribution in [2.24, 2.45) is 0 Å². The number of hydrogen-bond donors (Lipinski definition) is 2. The molecule has 0 aliphatic rings. The first-order valence-corrected chi connectivity index (χ1v) is 4.92. The van der Waals surface area contributed by atoms with Gasteiger partial charge in [-0.3, -0.25) is 5.32 Å². The van der Waals surface area contributed by atoms with Gasteiger partial charge in [-0.2, -0.15) is 0 Å². The molecule has 2 N–H and O–H groups in total. The second-order valence-corrected chi connectivity index (χ2v) is 4.62. The van der Waals surface area contributed by atoms with E-state index >= 15 is 0 Å². The maximum absolute atomic E-state index is 11.1. The summed E-state index contributed by atoms with van der Waals surface area (Å²) in [5.74, 6) is 0. The molecule has 0 unspecified atom stereocenters. The van der Waals surface area contributed by atoms with E-state index in [0.717, 1.165) is 0 Å². The number of carbonyl (C=O) groups is 1. The molecule has 0 aromatic carbocycles. The number of nitrogens with one attached hydrogen (secondary N) is 2. The van der Waals surface area contributed by atoms with Crippen molar-refractivity contribution in [2.75, 3.05) is 0 Å². The Hall–Kier alpha value is -0.840. The predicted molar refractivity (Wildman–Crippen MR) is 59.8 cm³/mol. The smallest absolute Gasteiger partial charge is 0.411 e. The Bertz CT molecular complexity index is 266. The number of allylic oxidation sites excluding steroid dienone is 1. The molecule has 0 atom stereocenters. The van der Waals surface area contributed by atoms with Gasteiger partial charge in [0.2, 0.25) is 0 Å². The average molecular weight is 263 g/mol. The molecular weight excluding hydrogens is 248 g/mol. The summed E-state index contributed by atoms with van der Waals surface area (Å²) >= 11 is 3.12. The number of ether oxygens (including phenoxy) is 1. The molecule has 0 aromatic rings. The molecule has 0 spiro atoms. The Morgan fingerprint density at radius 3 is 2.36 bits per heavy atom. The van der Waals surface area contributed by atoms with Crippen LogP contribution in [0.25, 0.3) is 0 Å².